The van der Waals surface area contributed by atoms with E-state index in [-0.39, 0.29) is 12.1 Å². The highest BCUT2D eigenvalue weighted by Crippen LogP contribution is 2.30. The van der Waals surface area contributed by atoms with Gasteiger partial charge in [0.25, 0.3) is 15.7 Å². The van der Waals surface area contributed by atoms with Gasteiger partial charge in [-0.1, -0.05) is 0 Å². The van der Waals surface area contributed by atoms with Gasteiger partial charge in [-0.25, -0.2) is 13.4 Å². The van der Waals surface area contributed by atoms with Gasteiger partial charge >= 0.3 is 5.51 Å². The van der Waals surface area contributed by atoms with Gasteiger partial charge in [0.15, 0.2) is 0 Å². The number of aromatic amines is 1. The number of benzene rings is 1. The van der Waals surface area contributed by atoms with Crippen molar-refractivity contribution >= 4 is 15.7 Å². The molecule has 0 aliphatic rings. The van der Waals surface area contributed by atoms with Crippen LogP contribution in [0.15, 0.2) is 35.5 Å². The summed E-state index contributed by atoms with van der Waals surface area (Å²) >= 11 is 0. The summed E-state index contributed by atoms with van der Waals surface area (Å²) in [6.07, 6.45) is 1.71. The van der Waals surface area contributed by atoms with Crippen molar-refractivity contribution in [3.63, 3.8) is 0 Å². The lowest BCUT2D eigenvalue weighted by atomic mass is 10.2. The number of halogens is 3. The molecule has 0 unspecified atom stereocenters. The van der Waals surface area contributed by atoms with Crippen LogP contribution in [0.1, 0.15) is 16.2 Å². The summed E-state index contributed by atoms with van der Waals surface area (Å²) < 4.78 is 59.6. The van der Waals surface area contributed by atoms with Crippen LogP contribution < -0.4 is 5.32 Å². The summed E-state index contributed by atoms with van der Waals surface area (Å²) in [6.45, 7) is 0.233. The molecule has 1 heterocycles. The highest BCUT2D eigenvalue weighted by molar-refractivity contribution is 7.92. The molecule has 0 aliphatic carbocycles. The van der Waals surface area contributed by atoms with Gasteiger partial charge in [0.2, 0.25) is 0 Å². The number of alkyl halides is 3. The number of carbonyl (C=O) groups is 1. The number of sulfone groups is 1. The fourth-order valence-corrected chi connectivity index (χ4v) is 2.43. The average Bonchev–Trinajstić information content (AvgIpc) is 2.99. The second-order valence-electron chi connectivity index (χ2n) is 4.41. The van der Waals surface area contributed by atoms with Gasteiger partial charge in [-0.05, 0) is 24.3 Å². The molecule has 0 spiro atoms. The number of aromatic nitrogens is 3. The van der Waals surface area contributed by atoms with E-state index in [1.54, 1.807) is 0 Å². The first-order valence-corrected chi connectivity index (χ1v) is 7.74. The van der Waals surface area contributed by atoms with Gasteiger partial charge in [0.05, 0.1) is 4.90 Å². The fraction of sp³-hybridized carbons (Fsp3) is 0.250. The Labute approximate surface area is 128 Å². The lowest BCUT2D eigenvalue weighted by molar-refractivity contribution is -0.0436. The third-order valence-electron chi connectivity index (χ3n) is 2.84. The monoisotopic (exact) mass is 348 g/mol. The van der Waals surface area contributed by atoms with Crippen LogP contribution in [0.5, 0.6) is 0 Å². The fourth-order valence-electron chi connectivity index (χ4n) is 1.67. The molecule has 11 heteroatoms. The molecular formula is C12H11F3N4O3S. The number of nitrogens with zero attached hydrogens (tertiary/aromatic N) is 2. The Morgan fingerprint density at radius 2 is 1.87 bits per heavy atom. The normalized spacial score (nSPS) is 12.1. The number of amides is 1. The van der Waals surface area contributed by atoms with Crippen LogP contribution >= 0.6 is 0 Å². The molecule has 23 heavy (non-hydrogen) atoms. The predicted octanol–water partition coefficient (Wildman–Crippen LogP) is 1.07. The van der Waals surface area contributed by atoms with E-state index in [9.17, 15) is 26.4 Å². The summed E-state index contributed by atoms with van der Waals surface area (Å²) in [5, 5.41) is 8.76. The van der Waals surface area contributed by atoms with E-state index < -0.39 is 26.1 Å². The third kappa shape index (κ3) is 3.86. The highest BCUT2D eigenvalue weighted by atomic mass is 32.2. The zero-order valence-electron chi connectivity index (χ0n) is 11.5. The maximum atomic E-state index is 12.4. The zero-order chi connectivity index (χ0) is 17.1. The molecule has 1 aromatic heterocycles. The Bertz CT molecular complexity index is 771. The van der Waals surface area contributed by atoms with Crippen molar-refractivity contribution in [2.75, 3.05) is 6.54 Å². The van der Waals surface area contributed by atoms with E-state index in [1.165, 1.54) is 6.33 Å². The zero-order valence-corrected chi connectivity index (χ0v) is 12.3. The molecule has 0 saturated heterocycles. The Balaban J connectivity index is 2.00. The molecule has 0 bridgehead atoms. The first kappa shape index (κ1) is 16.9. The van der Waals surface area contributed by atoms with Gasteiger partial charge in [0.1, 0.15) is 12.2 Å². The summed E-state index contributed by atoms with van der Waals surface area (Å²) in [4.78, 5) is 14.7. The Kier molecular flexibility index (Phi) is 4.68. The SMILES string of the molecule is O=C(NCCc1ncn[nH]1)c1ccc(S(=O)(=O)C(F)(F)F)cc1. The maximum absolute atomic E-state index is 12.4. The van der Waals surface area contributed by atoms with Crippen LogP contribution in [0.3, 0.4) is 0 Å². The van der Waals surface area contributed by atoms with Crippen LogP contribution in [0.2, 0.25) is 0 Å². The van der Waals surface area contributed by atoms with Gasteiger partial charge < -0.3 is 5.32 Å². The van der Waals surface area contributed by atoms with Crippen LogP contribution in [0.25, 0.3) is 0 Å². The van der Waals surface area contributed by atoms with Crippen molar-refractivity contribution in [1.29, 1.82) is 0 Å². The van der Waals surface area contributed by atoms with Gasteiger partial charge in [-0.3, -0.25) is 9.89 Å². The van der Waals surface area contributed by atoms with Crippen LogP contribution in [-0.4, -0.2) is 41.6 Å². The minimum absolute atomic E-state index is 0.0451. The Morgan fingerprint density at radius 3 is 2.39 bits per heavy atom. The summed E-state index contributed by atoms with van der Waals surface area (Å²) in [7, 11) is -5.42. The number of H-pyrrole nitrogens is 1. The van der Waals surface area contributed by atoms with E-state index >= 15 is 0 Å². The van der Waals surface area contributed by atoms with Crippen LogP contribution in [0, 0.1) is 0 Å². The second kappa shape index (κ2) is 6.36. The summed E-state index contributed by atoms with van der Waals surface area (Å²) in [5.41, 5.74) is -5.34. The van der Waals surface area contributed by atoms with Gasteiger partial charge in [0, 0.05) is 18.5 Å². The van der Waals surface area contributed by atoms with E-state index in [0.29, 0.717) is 12.2 Å². The van der Waals surface area contributed by atoms with E-state index in [4.69, 9.17) is 0 Å². The number of hydrogen-bond donors (Lipinski definition) is 2. The Hall–Kier alpha value is -2.43. The first-order chi connectivity index (χ1) is 10.7. The van der Waals surface area contributed by atoms with E-state index in [2.05, 4.69) is 20.5 Å². The molecule has 2 rings (SSSR count). The molecule has 0 atom stereocenters. The predicted molar refractivity (Wildman–Crippen MR) is 72.1 cm³/mol. The summed E-state index contributed by atoms with van der Waals surface area (Å²) in [6, 6.07) is 3.52. The molecule has 2 N–H and O–H groups in total. The van der Waals surface area contributed by atoms with Crippen molar-refractivity contribution in [2.45, 2.75) is 16.8 Å². The molecule has 1 aromatic carbocycles. The molecule has 2 aromatic rings. The van der Waals surface area contributed by atoms with Crippen molar-refractivity contribution in [3.8, 4) is 0 Å². The highest BCUT2D eigenvalue weighted by Gasteiger charge is 2.46. The lowest BCUT2D eigenvalue weighted by Crippen LogP contribution is -2.26. The quantitative estimate of drug-likeness (QED) is 0.841. The molecule has 124 valence electrons. The van der Waals surface area contributed by atoms with Gasteiger partial charge in [-0.15, -0.1) is 0 Å². The molecule has 0 radical (unpaired) electrons. The molecule has 0 aliphatic heterocycles. The van der Waals surface area contributed by atoms with Crippen molar-refractivity contribution < 1.29 is 26.4 Å². The number of rotatable bonds is 5. The maximum Gasteiger partial charge on any atom is 0.501 e. The largest absolute Gasteiger partial charge is 0.501 e. The molecule has 1 amide bonds. The van der Waals surface area contributed by atoms with E-state index in [1.807, 2.05) is 0 Å². The van der Waals surface area contributed by atoms with Crippen molar-refractivity contribution in [3.05, 3.63) is 42.0 Å². The topological polar surface area (TPSA) is 105 Å². The second-order valence-corrected chi connectivity index (χ2v) is 6.35. The van der Waals surface area contributed by atoms with Crippen molar-refractivity contribution in [2.24, 2.45) is 0 Å². The molecule has 7 nitrogen and oxygen atoms in total. The number of hydrogen-bond acceptors (Lipinski definition) is 5. The molecule has 0 fully saturated rings. The minimum Gasteiger partial charge on any atom is -0.352 e. The van der Waals surface area contributed by atoms with Gasteiger partial charge in [-0.2, -0.15) is 18.3 Å². The number of nitrogens with one attached hydrogen (secondary N) is 2. The molecule has 0 saturated carbocycles. The van der Waals surface area contributed by atoms with Crippen LogP contribution in [0.4, 0.5) is 13.2 Å². The van der Waals surface area contributed by atoms with E-state index in [0.717, 1.165) is 24.3 Å². The van der Waals surface area contributed by atoms with Crippen LogP contribution in [-0.2, 0) is 16.3 Å². The first-order valence-electron chi connectivity index (χ1n) is 6.25. The number of carbonyl (C=O) groups excluding carboxylic acids is 1. The smallest absolute Gasteiger partial charge is 0.352 e. The summed E-state index contributed by atoms with van der Waals surface area (Å²) in [5.74, 6) is 0.0254. The molecular weight excluding hydrogens is 337 g/mol. The minimum atomic E-state index is -5.42. The van der Waals surface area contributed by atoms with Crippen molar-refractivity contribution in [1.82, 2.24) is 20.5 Å². The Morgan fingerprint density at radius 1 is 1.22 bits per heavy atom. The lowest BCUT2D eigenvalue weighted by Gasteiger charge is -2.09. The third-order valence-corrected chi connectivity index (χ3v) is 4.35. The average molecular weight is 348 g/mol. The standard InChI is InChI=1S/C12H11F3N4O3S/c13-12(14,15)23(21,22)9-3-1-8(2-4-9)11(20)16-6-5-10-17-7-18-19-10/h1-4,7H,5-6H2,(H,16,20)(H,17,18,19).